The van der Waals surface area contributed by atoms with E-state index in [9.17, 15) is 4.79 Å². The minimum Gasteiger partial charge on any atom is -0.461 e. The smallest absolute Gasteiger partial charge is 0.223 e. The van der Waals surface area contributed by atoms with Crippen LogP contribution < -0.4 is 0 Å². The van der Waals surface area contributed by atoms with Crippen LogP contribution >= 0.6 is 0 Å². The predicted molar refractivity (Wildman–Crippen MR) is 92.3 cm³/mol. The summed E-state index contributed by atoms with van der Waals surface area (Å²) in [6.45, 7) is 2.54. The van der Waals surface area contributed by atoms with E-state index in [-0.39, 0.29) is 5.91 Å². The molecule has 3 aromatic rings. The quantitative estimate of drug-likeness (QED) is 0.754. The van der Waals surface area contributed by atoms with Crippen molar-refractivity contribution in [2.75, 3.05) is 7.05 Å². The summed E-state index contributed by atoms with van der Waals surface area (Å²) in [7, 11) is 1.78. The van der Waals surface area contributed by atoms with Crippen molar-refractivity contribution in [3.05, 3.63) is 65.9 Å². The third kappa shape index (κ3) is 3.93. The highest BCUT2D eigenvalue weighted by Crippen LogP contribution is 2.23. The van der Waals surface area contributed by atoms with Crippen molar-refractivity contribution in [1.82, 2.24) is 14.9 Å². The molecule has 1 aromatic carbocycles. The van der Waals surface area contributed by atoms with Crippen molar-refractivity contribution in [3.63, 3.8) is 0 Å². The first kappa shape index (κ1) is 16.1. The van der Waals surface area contributed by atoms with Crippen LogP contribution in [-0.4, -0.2) is 27.8 Å². The Bertz CT molecular complexity index is 788. The van der Waals surface area contributed by atoms with Crippen LogP contribution in [0.1, 0.15) is 23.6 Å². The fraction of sp³-hybridized carbons (Fsp3) is 0.263. The Morgan fingerprint density at radius 2 is 2.00 bits per heavy atom. The molecule has 0 aliphatic heterocycles. The van der Waals surface area contributed by atoms with Gasteiger partial charge in [-0.05, 0) is 19.1 Å². The summed E-state index contributed by atoms with van der Waals surface area (Å²) in [5.41, 5.74) is 2.27. The highest BCUT2D eigenvalue weighted by molar-refractivity contribution is 5.76. The van der Waals surface area contributed by atoms with E-state index in [0.717, 1.165) is 22.9 Å². The van der Waals surface area contributed by atoms with E-state index in [4.69, 9.17) is 4.42 Å². The number of imidazole rings is 1. The van der Waals surface area contributed by atoms with Crippen LogP contribution in [0.25, 0.3) is 11.3 Å². The molecule has 0 radical (unpaired) electrons. The van der Waals surface area contributed by atoms with Gasteiger partial charge in [-0.1, -0.05) is 29.8 Å². The molecule has 0 unspecified atom stereocenters. The normalized spacial score (nSPS) is 10.8. The third-order valence-electron chi connectivity index (χ3n) is 3.95. The van der Waals surface area contributed by atoms with E-state index in [1.54, 1.807) is 24.3 Å². The monoisotopic (exact) mass is 323 g/mol. The average Bonchev–Trinajstić information content (AvgIpc) is 3.25. The number of aromatic nitrogens is 2. The number of rotatable bonds is 6. The maximum absolute atomic E-state index is 12.2. The second-order valence-electron chi connectivity index (χ2n) is 5.92. The highest BCUT2D eigenvalue weighted by atomic mass is 16.3. The summed E-state index contributed by atoms with van der Waals surface area (Å²) in [6, 6.07) is 12.1. The van der Waals surface area contributed by atoms with Gasteiger partial charge in [0.1, 0.15) is 17.3 Å². The zero-order valence-electron chi connectivity index (χ0n) is 14.0. The highest BCUT2D eigenvalue weighted by Gasteiger charge is 2.12. The number of amides is 1. The van der Waals surface area contributed by atoms with Gasteiger partial charge in [-0.3, -0.25) is 4.79 Å². The number of hydrogen-bond acceptors (Lipinski definition) is 3. The minimum atomic E-state index is 0.0692. The molecule has 2 aromatic heterocycles. The van der Waals surface area contributed by atoms with E-state index >= 15 is 0 Å². The van der Waals surface area contributed by atoms with Gasteiger partial charge < -0.3 is 14.3 Å². The Morgan fingerprint density at radius 3 is 2.71 bits per heavy atom. The van der Waals surface area contributed by atoms with Gasteiger partial charge in [0.05, 0.1) is 6.54 Å². The molecule has 0 spiro atoms. The molecule has 1 N–H and O–H groups in total. The summed E-state index contributed by atoms with van der Waals surface area (Å²) in [4.78, 5) is 21.0. The van der Waals surface area contributed by atoms with Crippen molar-refractivity contribution < 1.29 is 9.21 Å². The summed E-state index contributed by atoms with van der Waals surface area (Å²) in [5, 5.41) is 0. The topological polar surface area (TPSA) is 62.1 Å². The van der Waals surface area contributed by atoms with E-state index in [1.165, 1.54) is 5.56 Å². The van der Waals surface area contributed by atoms with Gasteiger partial charge in [-0.2, -0.15) is 0 Å². The predicted octanol–water partition coefficient (Wildman–Crippen LogP) is 3.57. The molecule has 124 valence electrons. The number of benzene rings is 1. The molecule has 5 heteroatoms. The van der Waals surface area contributed by atoms with Crippen molar-refractivity contribution in [3.8, 4) is 11.3 Å². The van der Waals surface area contributed by atoms with Gasteiger partial charge in [0, 0.05) is 37.8 Å². The molecule has 0 saturated carbocycles. The molecule has 0 atom stereocenters. The SMILES string of the molecule is Cc1ccc(-c2ccc(CCC(=O)N(C)Cc3ncc[nH]3)o2)cc1. The first-order valence-electron chi connectivity index (χ1n) is 8.00. The van der Waals surface area contributed by atoms with Crippen LogP contribution in [0.5, 0.6) is 0 Å². The first-order valence-corrected chi connectivity index (χ1v) is 8.00. The van der Waals surface area contributed by atoms with Gasteiger partial charge in [-0.15, -0.1) is 0 Å². The van der Waals surface area contributed by atoms with Gasteiger partial charge in [-0.25, -0.2) is 4.98 Å². The zero-order valence-corrected chi connectivity index (χ0v) is 14.0. The molecule has 0 aliphatic rings. The average molecular weight is 323 g/mol. The van der Waals surface area contributed by atoms with E-state index in [1.807, 2.05) is 24.3 Å². The molecule has 0 saturated heterocycles. The lowest BCUT2D eigenvalue weighted by molar-refractivity contribution is -0.130. The Labute approximate surface area is 141 Å². The lowest BCUT2D eigenvalue weighted by Crippen LogP contribution is -2.26. The summed E-state index contributed by atoms with van der Waals surface area (Å²) >= 11 is 0. The Balaban J connectivity index is 1.55. The summed E-state index contributed by atoms with van der Waals surface area (Å²) in [5.74, 6) is 2.51. The molecular weight excluding hydrogens is 302 g/mol. The van der Waals surface area contributed by atoms with Gasteiger partial charge in [0.2, 0.25) is 5.91 Å². The van der Waals surface area contributed by atoms with Crippen LogP contribution in [-0.2, 0) is 17.8 Å². The van der Waals surface area contributed by atoms with Crippen LogP contribution in [0, 0.1) is 6.92 Å². The molecule has 2 heterocycles. The third-order valence-corrected chi connectivity index (χ3v) is 3.95. The molecule has 24 heavy (non-hydrogen) atoms. The molecule has 3 rings (SSSR count). The van der Waals surface area contributed by atoms with Crippen LogP contribution in [0.4, 0.5) is 0 Å². The number of hydrogen-bond donors (Lipinski definition) is 1. The number of nitrogens with zero attached hydrogens (tertiary/aromatic N) is 2. The first-order chi connectivity index (χ1) is 11.6. The summed E-state index contributed by atoms with van der Waals surface area (Å²) < 4.78 is 5.86. The van der Waals surface area contributed by atoms with E-state index in [0.29, 0.717) is 19.4 Å². The maximum Gasteiger partial charge on any atom is 0.223 e. The number of carbonyl (C=O) groups excluding carboxylic acids is 1. The maximum atomic E-state index is 12.2. The largest absolute Gasteiger partial charge is 0.461 e. The van der Waals surface area contributed by atoms with Crippen molar-refractivity contribution in [2.24, 2.45) is 0 Å². The fourth-order valence-electron chi connectivity index (χ4n) is 2.50. The second-order valence-corrected chi connectivity index (χ2v) is 5.92. The van der Waals surface area contributed by atoms with Crippen molar-refractivity contribution in [1.29, 1.82) is 0 Å². The van der Waals surface area contributed by atoms with Crippen LogP contribution in [0.15, 0.2) is 53.2 Å². The number of furan rings is 1. The number of nitrogens with one attached hydrogen (secondary N) is 1. The molecule has 5 nitrogen and oxygen atoms in total. The summed E-state index contributed by atoms with van der Waals surface area (Å²) in [6.07, 6.45) is 4.44. The lowest BCUT2D eigenvalue weighted by Gasteiger charge is -2.15. The van der Waals surface area contributed by atoms with E-state index in [2.05, 4.69) is 29.0 Å². The second kappa shape index (κ2) is 7.17. The van der Waals surface area contributed by atoms with Gasteiger partial charge in [0.25, 0.3) is 0 Å². The molecule has 0 bridgehead atoms. The van der Waals surface area contributed by atoms with Crippen LogP contribution in [0.2, 0.25) is 0 Å². The van der Waals surface area contributed by atoms with E-state index < -0.39 is 0 Å². The molecule has 0 aliphatic carbocycles. The van der Waals surface area contributed by atoms with Crippen molar-refractivity contribution >= 4 is 5.91 Å². The molecule has 0 fully saturated rings. The van der Waals surface area contributed by atoms with Gasteiger partial charge >= 0.3 is 0 Å². The Hall–Kier alpha value is -2.82. The number of aryl methyl sites for hydroxylation is 2. The number of H-pyrrole nitrogens is 1. The molecular formula is C19H21N3O2. The lowest BCUT2D eigenvalue weighted by atomic mass is 10.1. The minimum absolute atomic E-state index is 0.0692. The van der Waals surface area contributed by atoms with Crippen LogP contribution in [0.3, 0.4) is 0 Å². The van der Waals surface area contributed by atoms with Crippen molar-refractivity contribution in [2.45, 2.75) is 26.3 Å². The zero-order chi connectivity index (χ0) is 16.9. The standard InChI is InChI=1S/C19H21N3O2/c1-14-3-5-15(6-4-14)17-9-7-16(24-17)8-10-19(23)22(2)13-18-20-11-12-21-18/h3-7,9,11-12H,8,10,13H2,1-2H3,(H,20,21). The number of aromatic amines is 1. The molecule has 1 amide bonds. The Morgan fingerprint density at radius 1 is 1.21 bits per heavy atom. The van der Waals surface area contributed by atoms with Gasteiger partial charge in [0.15, 0.2) is 0 Å². The fourth-order valence-corrected chi connectivity index (χ4v) is 2.50. The Kier molecular flexibility index (Phi) is 4.79. The number of carbonyl (C=O) groups is 1.